The summed E-state index contributed by atoms with van der Waals surface area (Å²) in [6.07, 6.45) is -4.35. The summed E-state index contributed by atoms with van der Waals surface area (Å²) in [6.45, 7) is 9.58. The monoisotopic (exact) mass is 416 g/mol. The molecule has 0 spiro atoms. The molecule has 3 atom stereocenters. The number of rotatable bonds is 6. The number of halogens is 3. The molecule has 1 amide bonds. The number of carbonyl (C=O) groups is 1. The topological polar surface area (TPSA) is 42.0 Å². The first kappa shape index (κ1) is 23.5. The number of alkyl halides is 3. The Kier molecular flexibility index (Phi) is 7.56. The number of carbonyl (C=O) groups excluding carboxylic acids is 1. The number of morpholine rings is 1. The van der Waals surface area contributed by atoms with Gasteiger partial charge in [0.25, 0.3) is 0 Å². The second kappa shape index (κ2) is 9.34. The fourth-order valence-electron chi connectivity index (χ4n) is 3.75. The van der Waals surface area contributed by atoms with Crippen LogP contribution in [-0.2, 0) is 16.1 Å². The molecule has 29 heavy (non-hydrogen) atoms. The van der Waals surface area contributed by atoms with Crippen molar-refractivity contribution in [2.75, 3.05) is 26.7 Å². The number of hydrogen-bond acceptors (Lipinski definition) is 4. The molecular formula is C21H31F3N2O3. The first-order valence-electron chi connectivity index (χ1n) is 9.81. The van der Waals surface area contributed by atoms with Crippen LogP contribution in [0.5, 0.6) is 5.75 Å². The Bertz CT molecular complexity index is 691. The van der Waals surface area contributed by atoms with Gasteiger partial charge in [0.05, 0.1) is 18.2 Å². The van der Waals surface area contributed by atoms with Crippen LogP contribution in [0.15, 0.2) is 12.1 Å². The van der Waals surface area contributed by atoms with E-state index >= 15 is 0 Å². The van der Waals surface area contributed by atoms with E-state index in [-0.39, 0.29) is 29.9 Å². The van der Waals surface area contributed by atoms with Crippen molar-refractivity contribution >= 4 is 5.91 Å². The first-order valence-corrected chi connectivity index (χ1v) is 9.81. The van der Waals surface area contributed by atoms with E-state index in [1.807, 2.05) is 49.8 Å². The van der Waals surface area contributed by atoms with E-state index in [4.69, 9.17) is 9.47 Å². The Hall–Kier alpha value is -1.80. The average Bonchev–Trinajstić information content (AvgIpc) is 2.57. The van der Waals surface area contributed by atoms with Crippen LogP contribution >= 0.6 is 0 Å². The molecule has 0 bridgehead atoms. The molecule has 1 aliphatic heterocycles. The Morgan fingerprint density at radius 3 is 2.24 bits per heavy atom. The number of benzene rings is 1. The third kappa shape index (κ3) is 6.60. The van der Waals surface area contributed by atoms with Crippen molar-refractivity contribution in [3.63, 3.8) is 0 Å². The Morgan fingerprint density at radius 1 is 1.24 bits per heavy atom. The van der Waals surface area contributed by atoms with Crippen LogP contribution in [-0.4, -0.2) is 66.9 Å². The summed E-state index contributed by atoms with van der Waals surface area (Å²) in [7, 11) is 1.87. The molecule has 3 unspecified atom stereocenters. The van der Waals surface area contributed by atoms with Crippen LogP contribution in [0.4, 0.5) is 13.2 Å². The average molecular weight is 416 g/mol. The van der Waals surface area contributed by atoms with Gasteiger partial charge in [0, 0.05) is 19.6 Å². The van der Waals surface area contributed by atoms with E-state index in [1.54, 1.807) is 13.8 Å². The molecule has 0 aromatic heterocycles. The maximum absolute atomic E-state index is 12.9. The molecule has 0 N–H and O–H groups in total. The van der Waals surface area contributed by atoms with Gasteiger partial charge in [0.15, 0.2) is 6.61 Å². The zero-order valence-corrected chi connectivity index (χ0v) is 18.0. The second-order valence-corrected chi connectivity index (χ2v) is 8.05. The van der Waals surface area contributed by atoms with Crippen molar-refractivity contribution in [1.29, 1.82) is 0 Å². The molecule has 5 nitrogen and oxygen atoms in total. The van der Waals surface area contributed by atoms with Gasteiger partial charge < -0.3 is 14.4 Å². The van der Waals surface area contributed by atoms with E-state index in [0.29, 0.717) is 30.8 Å². The van der Waals surface area contributed by atoms with Crippen LogP contribution < -0.4 is 4.74 Å². The van der Waals surface area contributed by atoms with E-state index in [2.05, 4.69) is 0 Å². The van der Waals surface area contributed by atoms with E-state index < -0.39 is 12.8 Å². The summed E-state index contributed by atoms with van der Waals surface area (Å²) in [5.41, 5.74) is 2.21. The van der Waals surface area contributed by atoms with Crippen LogP contribution in [0, 0.1) is 13.8 Å². The van der Waals surface area contributed by atoms with Crippen LogP contribution in [0.2, 0.25) is 0 Å². The Balaban J connectivity index is 2.04. The predicted molar refractivity (Wildman–Crippen MR) is 105 cm³/mol. The quantitative estimate of drug-likeness (QED) is 0.709. The molecule has 0 radical (unpaired) electrons. The summed E-state index contributed by atoms with van der Waals surface area (Å²) in [6, 6.07) is 3.30. The van der Waals surface area contributed by atoms with Crippen molar-refractivity contribution in [3.05, 3.63) is 28.8 Å². The zero-order valence-electron chi connectivity index (χ0n) is 18.0. The van der Waals surface area contributed by atoms with Gasteiger partial charge in [-0.05, 0) is 58.4 Å². The summed E-state index contributed by atoms with van der Waals surface area (Å²) < 4.78 is 48.0. The lowest BCUT2D eigenvalue weighted by atomic mass is 10.0. The van der Waals surface area contributed by atoms with Crippen LogP contribution in [0.3, 0.4) is 0 Å². The molecule has 164 valence electrons. The first-order chi connectivity index (χ1) is 13.4. The number of aryl methyl sites for hydroxylation is 2. The van der Waals surface area contributed by atoms with Crippen molar-refractivity contribution < 1.29 is 27.4 Å². The van der Waals surface area contributed by atoms with Crippen LogP contribution in [0.1, 0.15) is 37.5 Å². The minimum atomic E-state index is -4.37. The van der Waals surface area contributed by atoms with Gasteiger partial charge in [-0.3, -0.25) is 9.69 Å². The van der Waals surface area contributed by atoms with Gasteiger partial charge in [0.2, 0.25) is 5.91 Å². The standard InChI is InChI=1S/C21H31F3N2O3/c1-13-7-18(8-14(2)19(13)28-12-21(22,23)24)11-25(6)17(5)20(27)26-9-15(3)29-16(4)10-26/h7-8,15-17H,9-12H2,1-6H3. The molecule has 1 fully saturated rings. The van der Waals surface area contributed by atoms with Gasteiger partial charge in [-0.25, -0.2) is 0 Å². The minimum absolute atomic E-state index is 0.00903. The minimum Gasteiger partial charge on any atom is -0.484 e. The van der Waals surface area contributed by atoms with Crippen molar-refractivity contribution in [2.24, 2.45) is 0 Å². The van der Waals surface area contributed by atoms with Crippen molar-refractivity contribution in [3.8, 4) is 5.75 Å². The fourth-order valence-corrected chi connectivity index (χ4v) is 3.75. The molecule has 1 aliphatic rings. The molecule has 1 saturated heterocycles. The predicted octanol–water partition coefficient (Wildman–Crippen LogP) is 3.70. The lowest BCUT2D eigenvalue weighted by molar-refractivity contribution is -0.153. The lowest BCUT2D eigenvalue weighted by Gasteiger charge is -2.38. The third-order valence-electron chi connectivity index (χ3n) is 5.08. The normalized spacial score (nSPS) is 21.4. The second-order valence-electron chi connectivity index (χ2n) is 8.05. The molecule has 0 saturated carbocycles. The highest BCUT2D eigenvalue weighted by Crippen LogP contribution is 2.28. The number of likely N-dealkylation sites (N-methyl/N-ethyl adjacent to an activating group) is 1. The van der Waals surface area contributed by atoms with E-state index in [0.717, 1.165) is 5.56 Å². The molecule has 1 aromatic carbocycles. The number of hydrogen-bond donors (Lipinski definition) is 0. The third-order valence-corrected chi connectivity index (χ3v) is 5.08. The molecule has 8 heteroatoms. The highest BCUT2D eigenvalue weighted by molar-refractivity contribution is 5.81. The van der Waals surface area contributed by atoms with Gasteiger partial charge >= 0.3 is 6.18 Å². The Morgan fingerprint density at radius 2 is 1.76 bits per heavy atom. The Labute approximate surface area is 170 Å². The fraction of sp³-hybridized carbons (Fsp3) is 0.667. The van der Waals surface area contributed by atoms with Crippen LogP contribution in [0.25, 0.3) is 0 Å². The number of ether oxygens (including phenoxy) is 2. The SMILES string of the molecule is Cc1cc(CN(C)C(C)C(=O)N2CC(C)OC(C)C2)cc(C)c1OCC(F)(F)F. The molecule has 0 aliphatic carbocycles. The van der Waals surface area contributed by atoms with Gasteiger partial charge in [-0.2, -0.15) is 13.2 Å². The summed E-state index contributed by atoms with van der Waals surface area (Å²) >= 11 is 0. The number of amides is 1. The molecular weight excluding hydrogens is 385 g/mol. The van der Waals surface area contributed by atoms with Crippen molar-refractivity contribution in [2.45, 2.75) is 65.6 Å². The zero-order chi connectivity index (χ0) is 21.9. The van der Waals surface area contributed by atoms with E-state index in [1.165, 1.54) is 0 Å². The summed E-state index contributed by atoms with van der Waals surface area (Å²) in [5.74, 6) is 0.308. The lowest BCUT2D eigenvalue weighted by Crippen LogP contribution is -2.53. The van der Waals surface area contributed by atoms with Crippen molar-refractivity contribution in [1.82, 2.24) is 9.80 Å². The van der Waals surface area contributed by atoms with Gasteiger partial charge in [0.1, 0.15) is 5.75 Å². The maximum atomic E-state index is 12.9. The number of nitrogens with zero attached hydrogens (tertiary/aromatic N) is 2. The van der Waals surface area contributed by atoms with Gasteiger partial charge in [-0.15, -0.1) is 0 Å². The summed E-state index contributed by atoms with van der Waals surface area (Å²) in [4.78, 5) is 16.7. The highest BCUT2D eigenvalue weighted by Gasteiger charge is 2.31. The van der Waals surface area contributed by atoms with E-state index in [9.17, 15) is 18.0 Å². The molecule has 2 rings (SSSR count). The molecule has 1 aromatic rings. The maximum Gasteiger partial charge on any atom is 0.422 e. The van der Waals surface area contributed by atoms with Gasteiger partial charge in [-0.1, -0.05) is 12.1 Å². The highest BCUT2D eigenvalue weighted by atomic mass is 19.4. The largest absolute Gasteiger partial charge is 0.484 e. The smallest absolute Gasteiger partial charge is 0.422 e. The summed E-state index contributed by atoms with van der Waals surface area (Å²) in [5, 5.41) is 0. The molecule has 1 heterocycles.